The molecule has 0 bridgehead atoms. The molecule has 4 aromatic rings. The molecule has 0 atom stereocenters. The molecule has 0 saturated carbocycles. The van der Waals surface area contributed by atoms with Crippen LogP contribution >= 0.6 is 0 Å². The van der Waals surface area contributed by atoms with E-state index in [1.807, 2.05) is 0 Å². The number of carbonyl (C=O) groups excluding carboxylic acids is 1. The molecule has 1 heterocycles. The predicted octanol–water partition coefficient (Wildman–Crippen LogP) is 6.12. The SMILES string of the molecule is Cc1c(/C(=N\OC(=O)c2ccccc2)C(F)(F)F)cc(-c2ccc(S(C)(=O)=O)cc2)n1-c1ccc(F)cc1. The molecule has 0 amide bonds. The zero-order valence-electron chi connectivity index (χ0n) is 20.0. The number of aromatic nitrogens is 1. The Bertz CT molecular complexity index is 1610. The highest BCUT2D eigenvalue weighted by molar-refractivity contribution is 7.90. The minimum Gasteiger partial charge on any atom is -0.313 e. The van der Waals surface area contributed by atoms with Gasteiger partial charge in [0.2, 0.25) is 0 Å². The van der Waals surface area contributed by atoms with Gasteiger partial charge < -0.3 is 9.40 Å². The number of rotatable bonds is 6. The van der Waals surface area contributed by atoms with Crippen molar-refractivity contribution in [1.82, 2.24) is 4.57 Å². The molecule has 0 fully saturated rings. The summed E-state index contributed by atoms with van der Waals surface area (Å²) in [7, 11) is -3.51. The molecule has 1 aromatic heterocycles. The molecule has 0 aliphatic heterocycles. The second-order valence-corrected chi connectivity index (χ2v) is 10.3. The molecule has 4 rings (SSSR count). The molecule has 38 heavy (non-hydrogen) atoms. The summed E-state index contributed by atoms with van der Waals surface area (Å²) in [5.41, 5.74) is -0.760. The largest absolute Gasteiger partial charge is 0.437 e. The van der Waals surface area contributed by atoms with Crippen LogP contribution < -0.4 is 0 Å². The van der Waals surface area contributed by atoms with Crippen molar-refractivity contribution in [3.8, 4) is 16.9 Å². The maximum atomic E-state index is 14.2. The van der Waals surface area contributed by atoms with E-state index in [0.29, 0.717) is 11.3 Å². The van der Waals surface area contributed by atoms with Crippen LogP contribution in [-0.4, -0.2) is 37.1 Å². The van der Waals surface area contributed by atoms with Crippen LogP contribution in [0.25, 0.3) is 16.9 Å². The molecule has 6 nitrogen and oxygen atoms in total. The quantitative estimate of drug-likeness (QED) is 0.127. The maximum absolute atomic E-state index is 14.2. The van der Waals surface area contributed by atoms with E-state index in [1.165, 1.54) is 78.2 Å². The topological polar surface area (TPSA) is 77.7 Å². The van der Waals surface area contributed by atoms with E-state index >= 15 is 0 Å². The van der Waals surface area contributed by atoms with Crippen LogP contribution in [-0.2, 0) is 14.7 Å². The van der Waals surface area contributed by atoms with E-state index in [0.717, 1.165) is 18.4 Å². The summed E-state index contributed by atoms with van der Waals surface area (Å²) in [5, 5.41) is 3.19. The summed E-state index contributed by atoms with van der Waals surface area (Å²) in [6, 6.07) is 19.3. The molecule has 0 aliphatic carbocycles. The van der Waals surface area contributed by atoms with E-state index in [2.05, 4.69) is 9.99 Å². The summed E-state index contributed by atoms with van der Waals surface area (Å²) in [6.07, 6.45) is -3.97. The summed E-state index contributed by atoms with van der Waals surface area (Å²) in [6.45, 7) is 1.41. The van der Waals surface area contributed by atoms with Crippen molar-refractivity contribution in [2.75, 3.05) is 6.26 Å². The first-order valence-corrected chi connectivity index (χ1v) is 13.0. The third kappa shape index (κ3) is 5.67. The number of carbonyl (C=O) groups is 1. The zero-order valence-corrected chi connectivity index (χ0v) is 20.8. The smallest absolute Gasteiger partial charge is 0.313 e. The van der Waals surface area contributed by atoms with Crippen LogP contribution in [0.2, 0.25) is 0 Å². The molecule has 3 aromatic carbocycles. The fraction of sp³-hybridized carbons (Fsp3) is 0.111. The van der Waals surface area contributed by atoms with Crippen LogP contribution in [0.5, 0.6) is 0 Å². The normalized spacial score (nSPS) is 12.4. The standard InChI is InChI=1S/C27H20F4N2O4S/c1-17-23(25(27(29,30)31)32-37-26(34)19-6-4-3-5-7-19)16-24(33(17)21-12-10-20(28)11-13-21)18-8-14-22(15-9-18)38(2,35)36/h3-16H,1-2H3/b32-25+. The van der Waals surface area contributed by atoms with E-state index in [-0.39, 0.29) is 27.4 Å². The second kappa shape index (κ2) is 10.3. The average molecular weight is 545 g/mol. The van der Waals surface area contributed by atoms with Gasteiger partial charge in [-0.3, -0.25) is 0 Å². The van der Waals surface area contributed by atoms with Crippen LogP contribution in [0.15, 0.2) is 95.0 Å². The summed E-state index contributed by atoms with van der Waals surface area (Å²) in [4.78, 5) is 17.0. The Morgan fingerprint density at radius 2 is 1.53 bits per heavy atom. The fourth-order valence-corrected chi connectivity index (χ4v) is 4.45. The van der Waals surface area contributed by atoms with Crippen molar-refractivity contribution in [3.05, 3.63) is 108 Å². The van der Waals surface area contributed by atoms with Gasteiger partial charge in [-0.05, 0) is 67.1 Å². The van der Waals surface area contributed by atoms with Gasteiger partial charge in [0.15, 0.2) is 15.5 Å². The lowest BCUT2D eigenvalue weighted by atomic mass is 10.1. The van der Waals surface area contributed by atoms with Gasteiger partial charge in [-0.1, -0.05) is 35.5 Å². The molecule has 0 radical (unpaired) electrons. The van der Waals surface area contributed by atoms with Crippen LogP contribution in [0.1, 0.15) is 21.6 Å². The molecule has 196 valence electrons. The van der Waals surface area contributed by atoms with Gasteiger partial charge in [0.25, 0.3) is 0 Å². The fourth-order valence-electron chi connectivity index (χ4n) is 3.82. The monoisotopic (exact) mass is 544 g/mol. The molecule has 0 saturated heterocycles. The Morgan fingerprint density at radius 1 is 0.921 bits per heavy atom. The van der Waals surface area contributed by atoms with Crippen molar-refractivity contribution < 1.29 is 35.6 Å². The zero-order chi connectivity index (χ0) is 27.7. The Hall–Kier alpha value is -4.25. The van der Waals surface area contributed by atoms with Crippen LogP contribution in [0, 0.1) is 12.7 Å². The highest BCUT2D eigenvalue weighted by atomic mass is 32.2. The molecule has 0 unspecified atom stereocenters. The van der Waals surface area contributed by atoms with E-state index in [4.69, 9.17) is 0 Å². The van der Waals surface area contributed by atoms with Crippen molar-refractivity contribution in [2.45, 2.75) is 18.0 Å². The molecule has 0 aliphatic rings. The van der Waals surface area contributed by atoms with Gasteiger partial charge in [0.1, 0.15) is 5.82 Å². The number of alkyl halides is 3. The molecular weight excluding hydrogens is 524 g/mol. The molecule has 0 N–H and O–H groups in total. The van der Waals surface area contributed by atoms with Crippen molar-refractivity contribution in [3.63, 3.8) is 0 Å². The number of oxime groups is 1. The van der Waals surface area contributed by atoms with Crippen molar-refractivity contribution >= 4 is 21.5 Å². The lowest BCUT2D eigenvalue weighted by Gasteiger charge is -2.14. The van der Waals surface area contributed by atoms with E-state index in [1.54, 1.807) is 6.07 Å². The van der Waals surface area contributed by atoms with Gasteiger partial charge in [0.05, 0.1) is 16.2 Å². The summed E-state index contributed by atoms with van der Waals surface area (Å²) in [5.74, 6) is -1.61. The van der Waals surface area contributed by atoms with Gasteiger partial charge in [-0.15, -0.1) is 0 Å². The minimum absolute atomic E-state index is 0.0186. The van der Waals surface area contributed by atoms with Crippen molar-refractivity contribution in [2.24, 2.45) is 5.16 Å². The van der Waals surface area contributed by atoms with Gasteiger partial charge in [-0.25, -0.2) is 17.6 Å². The molecular formula is C27H20F4N2O4S. The minimum atomic E-state index is -5.01. The third-order valence-electron chi connectivity index (χ3n) is 5.66. The second-order valence-electron chi connectivity index (χ2n) is 8.32. The van der Waals surface area contributed by atoms with Gasteiger partial charge in [-0.2, -0.15) is 13.2 Å². The Labute approximate surface area is 215 Å². The first-order chi connectivity index (χ1) is 17.9. The number of nitrogens with zero attached hydrogens (tertiary/aromatic N) is 2. The number of benzene rings is 3. The number of hydrogen-bond donors (Lipinski definition) is 0. The van der Waals surface area contributed by atoms with E-state index in [9.17, 15) is 30.8 Å². The predicted molar refractivity (Wildman–Crippen MR) is 133 cm³/mol. The first-order valence-electron chi connectivity index (χ1n) is 11.1. The number of hydrogen-bond acceptors (Lipinski definition) is 5. The highest BCUT2D eigenvalue weighted by Gasteiger charge is 2.40. The molecule has 11 heteroatoms. The Balaban J connectivity index is 1.88. The number of halogens is 4. The third-order valence-corrected chi connectivity index (χ3v) is 6.79. The Morgan fingerprint density at radius 3 is 2.08 bits per heavy atom. The Kier molecular flexibility index (Phi) is 7.23. The summed E-state index contributed by atoms with van der Waals surface area (Å²) >= 11 is 0. The van der Waals surface area contributed by atoms with Crippen molar-refractivity contribution in [1.29, 1.82) is 0 Å². The first kappa shape index (κ1) is 26.8. The lowest BCUT2D eigenvalue weighted by molar-refractivity contribution is -0.0605. The van der Waals surface area contributed by atoms with Crippen LogP contribution in [0.3, 0.4) is 0 Å². The maximum Gasteiger partial charge on any atom is 0.437 e. The summed E-state index contributed by atoms with van der Waals surface area (Å²) < 4.78 is 81.3. The van der Waals surface area contributed by atoms with Gasteiger partial charge in [0, 0.05) is 23.2 Å². The van der Waals surface area contributed by atoms with Crippen LogP contribution in [0.4, 0.5) is 17.6 Å². The number of sulfone groups is 1. The van der Waals surface area contributed by atoms with Gasteiger partial charge >= 0.3 is 12.1 Å². The van der Waals surface area contributed by atoms with E-state index < -0.39 is 33.5 Å². The lowest BCUT2D eigenvalue weighted by Crippen LogP contribution is -2.25. The highest BCUT2D eigenvalue weighted by Crippen LogP contribution is 2.34. The average Bonchev–Trinajstić information content (AvgIpc) is 3.20. The molecule has 0 spiro atoms.